The van der Waals surface area contributed by atoms with Crippen LogP contribution >= 0.6 is 15.9 Å². The Morgan fingerprint density at radius 1 is 1.59 bits per heavy atom. The van der Waals surface area contributed by atoms with Crippen molar-refractivity contribution < 1.29 is 9.53 Å². The fourth-order valence-corrected chi connectivity index (χ4v) is 2.42. The first-order valence-electron chi connectivity index (χ1n) is 5.51. The molecule has 0 radical (unpaired) electrons. The third-order valence-corrected chi connectivity index (χ3v) is 3.41. The van der Waals surface area contributed by atoms with Gasteiger partial charge in [-0.2, -0.15) is 0 Å². The zero-order chi connectivity index (χ0) is 12.3. The van der Waals surface area contributed by atoms with Crippen LogP contribution in [0.25, 0.3) is 0 Å². The number of ether oxygens (including phenoxy) is 1. The van der Waals surface area contributed by atoms with E-state index in [1.54, 1.807) is 7.11 Å². The number of methoxy groups -OCH3 is 1. The van der Waals surface area contributed by atoms with Crippen LogP contribution in [0.4, 0.5) is 0 Å². The Labute approximate surface area is 109 Å². The van der Waals surface area contributed by atoms with Crippen LogP contribution in [0.5, 0.6) is 5.75 Å². The second-order valence-corrected chi connectivity index (χ2v) is 4.91. The highest BCUT2D eigenvalue weighted by atomic mass is 79.9. The van der Waals surface area contributed by atoms with Gasteiger partial charge >= 0.3 is 0 Å². The zero-order valence-corrected chi connectivity index (χ0v) is 11.2. The highest BCUT2D eigenvalue weighted by molar-refractivity contribution is 9.10. The van der Waals surface area contributed by atoms with Crippen LogP contribution in [0, 0.1) is 0 Å². The quantitative estimate of drug-likeness (QED) is 0.884. The first-order valence-corrected chi connectivity index (χ1v) is 6.31. The molecule has 0 aliphatic carbocycles. The molecule has 1 atom stereocenters. The Morgan fingerprint density at radius 3 is 3.00 bits per heavy atom. The van der Waals surface area contributed by atoms with E-state index < -0.39 is 0 Å². The van der Waals surface area contributed by atoms with Gasteiger partial charge in [-0.1, -0.05) is 6.07 Å². The van der Waals surface area contributed by atoms with Gasteiger partial charge in [0.2, 0.25) is 5.91 Å². The van der Waals surface area contributed by atoms with Gasteiger partial charge in [0.05, 0.1) is 11.6 Å². The van der Waals surface area contributed by atoms with Crippen molar-refractivity contribution >= 4 is 21.8 Å². The lowest BCUT2D eigenvalue weighted by Gasteiger charge is -2.11. The van der Waals surface area contributed by atoms with Crippen LogP contribution in [0.2, 0.25) is 0 Å². The number of amides is 1. The Hall–Kier alpha value is -1.07. The summed E-state index contributed by atoms with van der Waals surface area (Å²) in [7, 11) is 1.65. The molecule has 0 aromatic heterocycles. The number of hydrogen-bond acceptors (Lipinski definition) is 3. The Kier molecular flexibility index (Phi) is 4.02. The maximum absolute atomic E-state index is 11.0. The number of benzene rings is 1. The van der Waals surface area contributed by atoms with Crippen molar-refractivity contribution in [2.75, 3.05) is 13.7 Å². The minimum Gasteiger partial charge on any atom is -0.496 e. The van der Waals surface area contributed by atoms with Gasteiger partial charge in [-0.05, 0) is 33.6 Å². The van der Waals surface area contributed by atoms with E-state index in [9.17, 15) is 4.79 Å². The minimum absolute atomic E-state index is 0.124. The second kappa shape index (κ2) is 5.51. The maximum atomic E-state index is 11.0. The fraction of sp³-hybridized carbons (Fsp3) is 0.417. The molecule has 1 aliphatic rings. The number of nitrogens with one attached hydrogen (secondary N) is 2. The topological polar surface area (TPSA) is 50.4 Å². The predicted molar refractivity (Wildman–Crippen MR) is 68.9 cm³/mol. The first kappa shape index (κ1) is 12.4. The largest absolute Gasteiger partial charge is 0.496 e. The number of halogens is 1. The van der Waals surface area contributed by atoms with Gasteiger partial charge in [0, 0.05) is 25.6 Å². The summed E-state index contributed by atoms with van der Waals surface area (Å²) in [4.78, 5) is 11.0. The van der Waals surface area contributed by atoms with E-state index in [0.717, 1.165) is 28.9 Å². The van der Waals surface area contributed by atoms with Gasteiger partial charge in [-0.15, -0.1) is 0 Å². The van der Waals surface area contributed by atoms with Gasteiger partial charge < -0.3 is 15.4 Å². The molecule has 0 spiro atoms. The molecular formula is C12H15BrN2O2. The van der Waals surface area contributed by atoms with Crippen LogP contribution in [0.15, 0.2) is 22.7 Å². The fourth-order valence-electron chi connectivity index (χ4n) is 1.83. The highest BCUT2D eigenvalue weighted by Crippen LogP contribution is 2.25. The Balaban J connectivity index is 1.91. The van der Waals surface area contributed by atoms with Crippen molar-refractivity contribution in [3.63, 3.8) is 0 Å². The van der Waals surface area contributed by atoms with E-state index in [1.807, 2.05) is 18.2 Å². The van der Waals surface area contributed by atoms with E-state index in [4.69, 9.17) is 4.74 Å². The van der Waals surface area contributed by atoms with Crippen LogP contribution in [-0.2, 0) is 11.3 Å². The van der Waals surface area contributed by atoms with E-state index in [1.165, 1.54) is 0 Å². The third-order valence-electron chi connectivity index (χ3n) is 2.79. The molecule has 0 saturated carbocycles. The van der Waals surface area contributed by atoms with Gasteiger partial charge in [0.1, 0.15) is 5.75 Å². The molecular weight excluding hydrogens is 284 g/mol. The lowest BCUT2D eigenvalue weighted by molar-refractivity contribution is -0.119. The monoisotopic (exact) mass is 298 g/mol. The molecule has 1 aromatic rings. The summed E-state index contributed by atoms with van der Waals surface area (Å²) >= 11 is 3.45. The summed E-state index contributed by atoms with van der Waals surface area (Å²) in [6, 6.07) is 6.21. The lowest BCUT2D eigenvalue weighted by atomic mass is 10.2. The molecule has 1 amide bonds. The molecule has 0 bridgehead atoms. The van der Waals surface area contributed by atoms with Crippen molar-refractivity contribution in [2.24, 2.45) is 0 Å². The average Bonchev–Trinajstić information content (AvgIpc) is 2.73. The van der Waals surface area contributed by atoms with E-state index in [0.29, 0.717) is 6.42 Å². The third kappa shape index (κ3) is 3.20. The van der Waals surface area contributed by atoms with Crippen molar-refractivity contribution in [1.29, 1.82) is 0 Å². The lowest BCUT2D eigenvalue weighted by Crippen LogP contribution is -2.30. The number of carbonyl (C=O) groups excluding carboxylic acids is 1. The SMILES string of the molecule is COc1ccc(CNC2CNC(=O)C2)cc1Br. The number of rotatable bonds is 4. The van der Waals surface area contributed by atoms with E-state index in [-0.39, 0.29) is 11.9 Å². The molecule has 2 N–H and O–H groups in total. The van der Waals surface area contributed by atoms with Crippen LogP contribution < -0.4 is 15.4 Å². The predicted octanol–water partition coefficient (Wildman–Crippen LogP) is 1.44. The molecule has 4 nitrogen and oxygen atoms in total. The molecule has 2 rings (SSSR count). The second-order valence-electron chi connectivity index (χ2n) is 4.05. The molecule has 1 aliphatic heterocycles. The standard InChI is InChI=1S/C12H15BrN2O2/c1-17-11-3-2-8(4-10(11)13)6-14-9-5-12(16)15-7-9/h2-4,9,14H,5-7H2,1H3,(H,15,16). The molecule has 1 saturated heterocycles. The smallest absolute Gasteiger partial charge is 0.221 e. The highest BCUT2D eigenvalue weighted by Gasteiger charge is 2.20. The molecule has 5 heteroatoms. The maximum Gasteiger partial charge on any atom is 0.221 e. The van der Waals surface area contributed by atoms with Gasteiger partial charge in [0.25, 0.3) is 0 Å². The molecule has 1 heterocycles. The van der Waals surface area contributed by atoms with Crippen molar-refractivity contribution in [2.45, 2.75) is 19.0 Å². The van der Waals surface area contributed by atoms with Gasteiger partial charge in [-0.25, -0.2) is 0 Å². The van der Waals surface area contributed by atoms with Crippen molar-refractivity contribution in [3.05, 3.63) is 28.2 Å². The summed E-state index contributed by atoms with van der Waals surface area (Å²) in [5, 5.41) is 6.15. The molecule has 1 aromatic carbocycles. The summed E-state index contributed by atoms with van der Waals surface area (Å²) in [6.45, 7) is 1.47. The van der Waals surface area contributed by atoms with Gasteiger partial charge in [-0.3, -0.25) is 4.79 Å². The normalized spacial score (nSPS) is 19.2. The Bertz CT molecular complexity index is 423. The minimum atomic E-state index is 0.124. The zero-order valence-electron chi connectivity index (χ0n) is 9.63. The molecule has 92 valence electrons. The van der Waals surface area contributed by atoms with Crippen LogP contribution in [0.1, 0.15) is 12.0 Å². The average molecular weight is 299 g/mol. The van der Waals surface area contributed by atoms with Crippen LogP contribution in [-0.4, -0.2) is 25.6 Å². The van der Waals surface area contributed by atoms with Crippen LogP contribution in [0.3, 0.4) is 0 Å². The van der Waals surface area contributed by atoms with E-state index in [2.05, 4.69) is 26.6 Å². The van der Waals surface area contributed by atoms with Crippen molar-refractivity contribution in [3.8, 4) is 5.75 Å². The first-order chi connectivity index (χ1) is 8.19. The number of hydrogen-bond donors (Lipinski definition) is 2. The number of carbonyl (C=O) groups is 1. The molecule has 1 fully saturated rings. The van der Waals surface area contributed by atoms with Crippen molar-refractivity contribution in [1.82, 2.24) is 10.6 Å². The molecule has 17 heavy (non-hydrogen) atoms. The Morgan fingerprint density at radius 2 is 2.41 bits per heavy atom. The molecule has 1 unspecified atom stereocenters. The summed E-state index contributed by atoms with van der Waals surface area (Å²) < 4.78 is 6.11. The van der Waals surface area contributed by atoms with E-state index >= 15 is 0 Å². The summed E-state index contributed by atoms with van der Waals surface area (Å²) in [5.41, 5.74) is 1.16. The summed E-state index contributed by atoms with van der Waals surface area (Å²) in [5.74, 6) is 0.949. The van der Waals surface area contributed by atoms with Gasteiger partial charge in [0.15, 0.2) is 0 Å². The summed E-state index contributed by atoms with van der Waals surface area (Å²) in [6.07, 6.45) is 0.567.